The molecule has 0 spiro atoms. The SMILES string of the molecule is C=Cc1ccc(C2(c3ccccc3)c3ccccc3-c3ccc(Nc4ccc(-c5ccccc5)cc4)cc32)cc1. The molecule has 6 aromatic carbocycles. The van der Waals surface area contributed by atoms with E-state index in [9.17, 15) is 0 Å². The molecule has 1 aliphatic rings. The topological polar surface area (TPSA) is 12.0 Å². The number of hydrogen-bond acceptors (Lipinski definition) is 1. The van der Waals surface area contributed by atoms with Crippen LogP contribution in [-0.4, -0.2) is 0 Å². The molecule has 0 bridgehead atoms. The van der Waals surface area contributed by atoms with E-state index in [0.29, 0.717) is 0 Å². The van der Waals surface area contributed by atoms with Crippen molar-refractivity contribution in [3.8, 4) is 22.3 Å². The fourth-order valence-electron chi connectivity index (χ4n) is 6.25. The zero-order chi connectivity index (χ0) is 26.9. The zero-order valence-electron chi connectivity index (χ0n) is 22.2. The van der Waals surface area contributed by atoms with Crippen molar-refractivity contribution >= 4 is 17.5 Å². The van der Waals surface area contributed by atoms with E-state index < -0.39 is 5.41 Å². The molecule has 1 unspecified atom stereocenters. The molecule has 190 valence electrons. The fraction of sp³-hybridized carbons (Fsp3) is 0.0256. The molecule has 0 fully saturated rings. The maximum absolute atomic E-state index is 3.97. The number of nitrogens with one attached hydrogen (secondary N) is 1. The lowest BCUT2D eigenvalue weighted by molar-refractivity contribution is 0.768. The van der Waals surface area contributed by atoms with Crippen LogP contribution in [0, 0.1) is 0 Å². The molecule has 1 aliphatic carbocycles. The highest BCUT2D eigenvalue weighted by Crippen LogP contribution is 2.56. The number of rotatable bonds is 6. The van der Waals surface area contributed by atoms with Gasteiger partial charge in [-0.25, -0.2) is 0 Å². The number of hydrogen-bond donors (Lipinski definition) is 1. The van der Waals surface area contributed by atoms with Crippen LogP contribution in [0.1, 0.15) is 27.8 Å². The minimum absolute atomic E-state index is 0.429. The molecular formula is C39H29N. The summed E-state index contributed by atoms with van der Waals surface area (Å²) in [5.74, 6) is 0. The van der Waals surface area contributed by atoms with Crippen LogP contribution in [-0.2, 0) is 5.41 Å². The third-order valence-electron chi connectivity index (χ3n) is 8.11. The molecule has 0 radical (unpaired) electrons. The molecule has 6 aromatic rings. The fourth-order valence-corrected chi connectivity index (χ4v) is 6.25. The van der Waals surface area contributed by atoms with Crippen LogP contribution in [0.25, 0.3) is 28.3 Å². The number of benzene rings is 6. The lowest BCUT2D eigenvalue weighted by Crippen LogP contribution is -2.28. The van der Waals surface area contributed by atoms with E-state index >= 15 is 0 Å². The lowest BCUT2D eigenvalue weighted by atomic mass is 9.67. The summed E-state index contributed by atoms with van der Waals surface area (Å²) in [5, 5.41) is 3.68. The number of fused-ring (bicyclic) bond motifs is 3. The second kappa shape index (κ2) is 9.87. The van der Waals surface area contributed by atoms with E-state index in [1.165, 1.54) is 44.5 Å². The Morgan fingerprint density at radius 3 is 1.77 bits per heavy atom. The largest absolute Gasteiger partial charge is 0.356 e. The van der Waals surface area contributed by atoms with Crippen LogP contribution < -0.4 is 5.32 Å². The Kier molecular flexibility index (Phi) is 5.91. The maximum atomic E-state index is 3.97. The van der Waals surface area contributed by atoms with Gasteiger partial charge in [0.1, 0.15) is 0 Å². The van der Waals surface area contributed by atoms with Crippen molar-refractivity contribution in [3.05, 3.63) is 186 Å². The Morgan fingerprint density at radius 2 is 1.05 bits per heavy atom. The first-order valence-corrected chi connectivity index (χ1v) is 13.7. The molecular weight excluding hydrogens is 482 g/mol. The van der Waals surface area contributed by atoms with Gasteiger partial charge in [-0.1, -0.05) is 140 Å². The van der Waals surface area contributed by atoms with Gasteiger partial charge in [0, 0.05) is 11.4 Å². The van der Waals surface area contributed by atoms with Crippen molar-refractivity contribution in [3.63, 3.8) is 0 Å². The van der Waals surface area contributed by atoms with Crippen LogP contribution in [0.15, 0.2) is 158 Å². The Morgan fingerprint density at radius 1 is 0.475 bits per heavy atom. The maximum Gasteiger partial charge on any atom is 0.0714 e. The molecule has 0 heterocycles. The van der Waals surface area contributed by atoms with E-state index in [-0.39, 0.29) is 0 Å². The van der Waals surface area contributed by atoms with Gasteiger partial charge in [0.05, 0.1) is 5.41 Å². The highest BCUT2D eigenvalue weighted by Gasteiger charge is 2.46. The van der Waals surface area contributed by atoms with Crippen LogP contribution in [0.4, 0.5) is 11.4 Å². The predicted molar refractivity (Wildman–Crippen MR) is 169 cm³/mol. The van der Waals surface area contributed by atoms with Crippen LogP contribution >= 0.6 is 0 Å². The summed E-state index contributed by atoms with van der Waals surface area (Å²) in [6.45, 7) is 3.97. The summed E-state index contributed by atoms with van der Waals surface area (Å²) in [7, 11) is 0. The van der Waals surface area contributed by atoms with E-state index in [1.807, 2.05) is 6.08 Å². The van der Waals surface area contributed by atoms with Crippen LogP contribution in [0.2, 0.25) is 0 Å². The summed E-state index contributed by atoms with van der Waals surface area (Å²) >= 11 is 0. The molecule has 0 aromatic heterocycles. The number of anilines is 2. The Bertz CT molecular complexity index is 1800. The molecule has 0 aliphatic heterocycles. The van der Waals surface area contributed by atoms with Gasteiger partial charge in [-0.2, -0.15) is 0 Å². The molecule has 1 heteroatoms. The smallest absolute Gasteiger partial charge is 0.0714 e. The van der Waals surface area contributed by atoms with E-state index in [4.69, 9.17) is 0 Å². The van der Waals surface area contributed by atoms with Crippen molar-refractivity contribution in [2.75, 3.05) is 5.32 Å². The minimum atomic E-state index is -0.429. The Labute approximate surface area is 236 Å². The van der Waals surface area contributed by atoms with Gasteiger partial charge in [0.25, 0.3) is 0 Å². The van der Waals surface area contributed by atoms with Gasteiger partial charge >= 0.3 is 0 Å². The van der Waals surface area contributed by atoms with E-state index in [0.717, 1.165) is 16.9 Å². The summed E-state index contributed by atoms with van der Waals surface area (Å²) in [4.78, 5) is 0. The van der Waals surface area contributed by atoms with E-state index in [1.54, 1.807) is 0 Å². The van der Waals surface area contributed by atoms with Crippen molar-refractivity contribution in [2.24, 2.45) is 0 Å². The van der Waals surface area contributed by atoms with Gasteiger partial charge in [0.15, 0.2) is 0 Å². The first kappa shape index (κ1) is 23.9. The molecule has 1 nitrogen and oxygen atoms in total. The average molecular weight is 512 g/mol. The van der Waals surface area contributed by atoms with Crippen molar-refractivity contribution in [2.45, 2.75) is 5.41 Å². The summed E-state index contributed by atoms with van der Waals surface area (Å²) < 4.78 is 0. The molecule has 0 amide bonds. The zero-order valence-corrected chi connectivity index (χ0v) is 22.2. The van der Waals surface area contributed by atoms with Crippen molar-refractivity contribution in [1.82, 2.24) is 0 Å². The van der Waals surface area contributed by atoms with E-state index in [2.05, 4.69) is 164 Å². The second-order valence-electron chi connectivity index (χ2n) is 10.3. The molecule has 0 saturated carbocycles. The van der Waals surface area contributed by atoms with Gasteiger partial charge in [-0.15, -0.1) is 0 Å². The monoisotopic (exact) mass is 511 g/mol. The molecule has 0 saturated heterocycles. The normalized spacial score (nSPS) is 15.2. The van der Waals surface area contributed by atoms with Crippen LogP contribution in [0.3, 0.4) is 0 Å². The van der Waals surface area contributed by atoms with Gasteiger partial charge in [0.2, 0.25) is 0 Å². The van der Waals surface area contributed by atoms with Gasteiger partial charge < -0.3 is 5.32 Å². The third-order valence-corrected chi connectivity index (χ3v) is 8.11. The predicted octanol–water partition coefficient (Wildman–Crippen LogP) is 10.1. The first-order valence-electron chi connectivity index (χ1n) is 13.7. The summed E-state index contributed by atoms with van der Waals surface area (Å²) in [6, 6.07) is 54.6. The second-order valence-corrected chi connectivity index (χ2v) is 10.3. The van der Waals surface area contributed by atoms with Gasteiger partial charge in [-0.3, -0.25) is 0 Å². The molecule has 7 rings (SSSR count). The van der Waals surface area contributed by atoms with Crippen LogP contribution in [0.5, 0.6) is 0 Å². The summed E-state index contributed by atoms with van der Waals surface area (Å²) in [6.07, 6.45) is 1.90. The quantitative estimate of drug-likeness (QED) is 0.234. The first-order chi connectivity index (χ1) is 19.8. The molecule has 1 atom stereocenters. The van der Waals surface area contributed by atoms with Crippen molar-refractivity contribution in [1.29, 1.82) is 0 Å². The Hall–Kier alpha value is -5.14. The van der Waals surface area contributed by atoms with Gasteiger partial charge in [-0.05, 0) is 74.3 Å². The summed E-state index contributed by atoms with van der Waals surface area (Å²) in [5.41, 5.74) is 12.9. The third kappa shape index (κ3) is 3.87. The highest BCUT2D eigenvalue weighted by atomic mass is 14.9. The lowest BCUT2D eigenvalue weighted by Gasteiger charge is -2.34. The highest BCUT2D eigenvalue weighted by molar-refractivity contribution is 5.88. The van der Waals surface area contributed by atoms with Crippen molar-refractivity contribution < 1.29 is 0 Å². The standard InChI is InChI=1S/C39H29N/c1-2-28-17-21-32(22-18-28)39(31-13-7-4-8-14-31)37-16-10-9-15-35(37)36-26-25-34(27-38(36)39)40-33-23-19-30(20-24-33)29-11-5-3-6-12-29/h2-27,40H,1H2. The molecule has 40 heavy (non-hydrogen) atoms. The average Bonchev–Trinajstić information content (AvgIpc) is 3.33. The minimum Gasteiger partial charge on any atom is -0.356 e. The Balaban J connectivity index is 1.37. The molecule has 1 N–H and O–H groups in total.